The molecular formula is C14H9ClF2N4. The summed E-state index contributed by atoms with van der Waals surface area (Å²) >= 11 is 5.88. The van der Waals surface area contributed by atoms with E-state index in [0.717, 1.165) is 12.1 Å². The Kier molecular flexibility index (Phi) is 3.25. The lowest BCUT2D eigenvalue weighted by molar-refractivity contribution is 0.509. The van der Waals surface area contributed by atoms with Crippen LogP contribution in [0.25, 0.3) is 22.4 Å². The summed E-state index contributed by atoms with van der Waals surface area (Å²) in [5.41, 5.74) is 2.82. The van der Waals surface area contributed by atoms with Crippen LogP contribution >= 0.6 is 11.6 Å². The molecule has 2 aromatic heterocycles. The van der Waals surface area contributed by atoms with E-state index in [1.807, 2.05) is 0 Å². The maximum Gasteiger partial charge on any atom is 0.225 e. The maximum atomic E-state index is 13.4. The summed E-state index contributed by atoms with van der Waals surface area (Å²) in [6, 6.07) is 3.48. The van der Waals surface area contributed by atoms with E-state index in [0.29, 0.717) is 33.8 Å². The molecule has 0 amide bonds. The minimum atomic E-state index is -0.966. The van der Waals surface area contributed by atoms with Crippen LogP contribution in [-0.2, 0) is 0 Å². The predicted octanol–water partition coefficient (Wildman–Crippen LogP) is 3.64. The molecular weight excluding hydrogens is 298 g/mol. The molecule has 0 saturated heterocycles. The Bertz CT molecular complexity index is 867. The number of rotatable bonds is 1. The van der Waals surface area contributed by atoms with Gasteiger partial charge in [-0.15, -0.1) is 0 Å². The van der Waals surface area contributed by atoms with Crippen LogP contribution < -0.4 is 0 Å². The van der Waals surface area contributed by atoms with Gasteiger partial charge in [0.2, 0.25) is 5.28 Å². The highest BCUT2D eigenvalue weighted by Crippen LogP contribution is 2.27. The lowest BCUT2D eigenvalue weighted by Crippen LogP contribution is -2.00. The lowest BCUT2D eigenvalue weighted by Gasteiger charge is -2.07. The third kappa shape index (κ3) is 2.42. The summed E-state index contributed by atoms with van der Waals surface area (Å²) in [4.78, 5) is 16.8. The number of aromatic nitrogens is 4. The first kappa shape index (κ1) is 13.8. The van der Waals surface area contributed by atoms with Gasteiger partial charge in [-0.25, -0.2) is 23.7 Å². The summed E-state index contributed by atoms with van der Waals surface area (Å²) in [7, 11) is 0. The Hall–Kier alpha value is -2.21. The van der Waals surface area contributed by atoms with E-state index in [2.05, 4.69) is 19.9 Å². The number of benzene rings is 1. The molecule has 0 aliphatic carbocycles. The Balaban J connectivity index is 2.35. The minimum absolute atomic E-state index is 0.0280. The topological polar surface area (TPSA) is 51.6 Å². The monoisotopic (exact) mass is 306 g/mol. The average Bonchev–Trinajstić information content (AvgIpc) is 2.43. The average molecular weight is 307 g/mol. The molecule has 0 aliphatic rings. The highest BCUT2D eigenvalue weighted by atomic mass is 35.5. The van der Waals surface area contributed by atoms with Crippen molar-refractivity contribution < 1.29 is 8.78 Å². The first-order chi connectivity index (χ1) is 9.95. The zero-order valence-electron chi connectivity index (χ0n) is 11.2. The summed E-state index contributed by atoms with van der Waals surface area (Å²) in [5.74, 6) is -1.89. The fourth-order valence-corrected chi connectivity index (χ4v) is 2.09. The summed E-state index contributed by atoms with van der Waals surface area (Å²) < 4.78 is 26.5. The van der Waals surface area contributed by atoms with E-state index >= 15 is 0 Å². The molecule has 3 aromatic rings. The molecule has 0 spiro atoms. The smallest absolute Gasteiger partial charge is 0.225 e. The van der Waals surface area contributed by atoms with E-state index in [-0.39, 0.29) is 5.28 Å². The molecule has 0 unspecified atom stereocenters. The van der Waals surface area contributed by atoms with Crippen LogP contribution in [0.2, 0.25) is 5.28 Å². The number of hydrogen-bond donors (Lipinski definition) is 0. The number of fused-ring (bicyclic) bond motifs is 1. The molecule has 0 bridgehead atoms. The Morgan fingerprint density at radius 1 is 0.905 bits per heavy atom. The van der Waals surface area contributed by atoms with Crippen molar-refractivity contribution >= 4 is 22.8 Å². The number of halogens is 3. The second kappa shape index (κ2) is 4.96. The number of nitrogens with zero attached hydrogens (tertiary/aromatic N) is 4. The van der Waals surface area contributed by atoms with Gasteiger partial charge in [0, 0.05) is 5.56 Å². The first-order valence-corrected chi connectivity index (χ1v) is 6.47. The van der Waals surface area contributed by atoms with E-state index in [9.17, 15) is 8.78 Å². The summed E-state index contributed by atoms with van der Waals surface area (Å²) in [6.45, 7) is 3.60. The Morgan fingerprint density at radius 3 is 2.33 bits per heavy atom. The number of hydrogen-bond acceptors (Lipinski definition) is 4. The lowest BCUT2D eigenvalue weighted by atomic mass is 10.1. The van der Waals surface area contributed by atoms with Gasteiger partial charge in [-0.1, -0.05) is 0 Å². The van der Waals surface area contributed by atoms with Gasteiger partial charge in [-0.2, -0.15) is 4.98 Å². The van der Waals surface area contributed by atoms with Gasteiger partial charge in [0.1, 0.15) is 11.2 Å². The van der Waals surface area contributed by atoms with Crippen LogP contribution in [0.5, 0.6) is 0 Å². The van der Waals surface area contributed by atoms with Crippen LogP contribution in [0.4, 0.5) is 8.78 Å². The SMILES string of the molecule is Cc1nc2nc(Cl)nc(-c3ccc(F)c(F)c3)c2nc1C. The van der Waals surface area contributed by atoms with Crippen LogP contribution in [0.3, 0.4) is 0 Å². The van der Waals surface area contributed by atoms with Crippen molar-refractivity contribution in [2.75, 3.05) is 0 Å². The molecule has 106 valence electrons. The first-order valence-electron chi connectivity index (χ1n) is 6.09. The van der Waals surface area contributed by atoms with E-state index in [1.165, 1.54) is 6.07 Å². The van der Waals surface area contributed by atoms with Crippen molar-refractivity contribution in [1.29, 1.82) is 0 Å². The normalized spacial score (nSPS) is 11.1. The van der Waals surface area contributed by atoms with Crippen molar-refractivity contribution in [2.24, 2.45) is 0 Å². The van der Waals surface area contributed by atoms with E-state index < -0.39 is 11.6 Å². The molecule has 7 heteroatoms. The van der Waals surface area contributed by atoms with E-state index in [4.69, 9.17) is 11.6 Å². The van der Waals surface area contributed by atoms with Gasteiger partial charge in [0.05, 0.1) is 11.4 Å². The summed E-state index contributed by atoms with van der Waals surface area (Å²) in [6.07, 6.45) is 0. The van der Waals surface area contributed by atoms with Crippen LogP contribution in [-0.4, -0.2) is 19.9 Å². The molecule has 4 nitrogen and oxygen atoms in total. The van der Waals surface area contributed by atoms with Crippen molar-refractivity contribution in [3.05, 3.63) is 46.5 Å². The van der Waals surface area contributed by atoms with Crippen molar-refractivity contribution in [3.63, 3.8) is 0 Å². The molecule has 0 aliphatic heterocycles. The quantitative estimate of drug-likeness (QED) is 0.644. The molecule has 0 saturated carbocycles. The minimum Gasteiger partial charge on any atom is -0.246 e. The highest BCUT2D eigenvalue weighted by Gasteiger charge is 2.14. The predicted molar refractivity (Wildman–Crippen MR) is 75.0 cm³/mol. The van der Waals surface area contributed by atoms with Crippen molar-refractivity contribution in [1.82, 2.24) is 19.9 Å². The molecule has 0 radical (unpaired) electrons. The summed E-state index contributed by atoms with van der Waals surface area (Å²) in [5, 5.41) is -0.0280. The maximum absolute atomic E-state index is 13.4. The third-order valence-corrected chi connectivity index (χ3v) is 3.28. The van der Waals surface area contributed by atoms with Gasteiger partial charge in [0.15, 0.2) is 17.3 Å². The molecule has 1 aromatic carbocycles. The molecule has 0 N–H and O–H groups in total. The fraction of sp³-hybridized carbons (Fsp3) is 0.143. The highest BCUT2D eigenvalue weighted by molar-refractivity contribution is 6.28. The second-order valence-corrected chi connectivity index (χ2v) is 4.87. The molecule has 21 heavy (non-hydrogen) atoms. The molecule has 3 rings (SSSR count). The fourth-order valence-electron chi connectivity index (χ4n) is 1.93. The second-order valence-electron chi connectivity index (χ2n) is 4.54. The van der Waals surface area contributed by atoms with E-state index in [1.54, 1.807) is 13.8 Å². The zero-order valence-corrected chi connectivity index (χ0v) is 11.9. The van der Waals surface area contributed by atoms with Gasteiger partial charge >= 0.3 is 0 Å². The molecule has 0 atom stereocenters. The largest absolute Gasteiger partial charge is 0.246 e. The van der Waals surface area contributed by atoms with Gasteiger partial charge in [-0.05, 0) is 43.6 Å². The molecule has 0 fully saturated rings. The van der Waals surface area contributed by atoms with Gasteiger partial charge < -0.3 is 0 Å². The number of aryl methyl sites for hydroxylation is 2. The van der Waals surface area contributed by atoms with Crippen LogP contribution in [0, 0.1) is 25.5 Å². The van der Waals surface area contributed by atoms with Crippen molar-refractivity contribution in [3.8, 4) is 11.3 Å². The van der Waals surface area contributed by atoms with Gasteiger partial charge in [-0.3, -0.25) is 0 Å². The molecule has 2 heterocycles. The zero-order chi connectivity index (χ0) is 15.1. The Morgan fingerprint density at radius 2 is 1.62 bits per heavy atom. The van der Waals surface area contributed by atoms with Crippen LogP contribution in [0.15, 0.2) is 18.2 Å². The van der Waals surface area contributed by atoms with Crippen molar-refractivity contribution in [2.45, 2.75) is 13.8 Å². The standard InChI is InChI=1S/C14H9ClF2N4/c1-6-7(2)19-13-12(18-6)11(20-14(15)21-13)8-3-4-9(16)10(17)5-8/h3-5H,1-2H3. The Labute approximate surface area is 123 Å². The third-order valence-electron chi connectivity index (χ3n) is 3.11. The van der Waals surface area contributed by atoms with Gasteiger partial charge in [0.25, 0.3) is 0 Å². The van der Waals surface area contributed by atoms with Crippen LogP contribution in [0.1, 0.15) is 11.4 Å².